The fourth-order valence-electron chi connectivity index (χ4n) is 3.18. The fourth-order valence-corrected chi connectivity index (χ4v) is 3.18. The average molecular weight is 353 g/mol. The van der Waals surface area contributed by atoms with Crippen LogP contribution >= 0.6 is 0 Å². The molecule has 0 spiro atoms. The number of fused-ring (bicyclic) bond motifs is 1. The highest BCUT2D eigenvalue weighted by Crippen LogP contribution is 2.35. The van der Waals surface area contributed by atoms with Crippen molar-refractivity contribution in [2.45, 2.75) is 12.8 Å². The molecule has 0 atom stereocenters. The summed E-state index contributed by atoms with van der Waals surface area (Å²) in [7, 11) is 1.84. The van der Waals surface area contributed by atoms with Crippen molar-refractivity contribution in [2.75, 3.05) is 6.61 Å². The third-order valence-corrected chi connectivity index (χ3v) is 4.43. The molecule has 1 aromatic carbocycles. The molecule has 0 radical (unpaired) electrons. The Bertz CT molecular complexity index is 996. The van der Waals surface area contributed by atoms with Gasteiger partial charge < -0.3 is 9.84 Å². The number of halogens is 1. The van der Waals surface area contributed by atoms with Gasteiger partial charge in [0.15, 0.2) is 0 Å². The zero-order valence-corrected chi connectivity index (χ0v) is 14.1. The van der Waals surface area contributed by atoms with Crippen LogP contribution in [0.2, 0.25) is 0 Å². The SMILES string of the molecule is Cn1cc(-c2ccc(Cc3cc(C(=O)O)c(F)c4c3OCC4)cn2)cn1. The number of carboxylic acids is 1. The lowest BCUT2D eigenvalue weighted by Crippen LogP contribution is -2.05. The Labute approximate surface area is 148 Å². The average Bonchev–Trinajstić information content (AvgIpc) is 3.27. The third kappa shape index (κ3) is 2.81. The number of pyridine rings is 1. The second kappa shape index (κ2) is 6.25. The standard InChI is InChI=1S/C19H16FN3O3/c1-23-10-13(9-22-23)16-3-2-11(8-21-16)6-12-7-15(19(24)25)17(20)14-4-5-26-18(12)14/h2-3,7-10H,4-6H2,1H3,(H,24,25). The van der Waals surface area contributed by atoms with E-state index in [0.717, 1.165) is 16.8 Å². The predicted octanol–water partition coefficient (Wildman–Crippen LogP) is 2.85. The van der Waals surface area contributed by atoms with E-state index in [-0.39, 0.29) is 5.56 Å². The topological polar surface area (TPSA) is 77.2 Å². The van der Waals surface area contributed by atoms with Crippen molar-refractivity contribution in [3.05, 3.63) is 64.9 Å². The zero-order valence-electron chi connectivity index (χ0n) is 14.1. The maximum atomic E-state index is 14.3. The molecule has 0 fully saturated rings. The van der Waals surface area contributed by atoms with Gasteiger partial charge in [0.05, 0.1) is 24.1 Å². The zero-order chi connectivity index (χ0) is 18.3. The molecule has 0 unspecified atom stereocenters. The molecule has 3 heterocycles. The lowest BCUT2D eigenvalue weighted by molar-refractivity contribution is 0.0691. The van der Waals surface area contributed by atoms with Crippen molar-refractivity contribution in [2.24, 2.45) is 7.05 Å². The normalized spacial score (nSPS) is 12.7. The first-order valence-corrected chi connectivity index (χ1v) is 8.17. The molecule has 0 saturated heterocycles. The van der Waals surface area contributed by atoms with E-state index in [0.29, 0.717) is 36.3 Å². The van der Waals surface area contributed by atoms with Crippen LogP contribution < -0.4 is 4.74 Å². The second-order valence-corrected chi connectivity index (χ2v) is 6.24. The number of aromatic nitrogens is 3. The second-order valence-electron chi connectivity index (χ2n) is 6.24. The Hall–Kier alpha value is -3.22. The van der Waals surface area contributed by atoms with Crippen LogP contribution in [0.5, 0.6) is 5.75 Å². The first kappa shape index (κ1) is 16.3. The van der Waals surface area contributed by atoms with E-state index in [9.17, 15) is 14.3 Å². The lowest BCUT2D eigenvalue weighted by atomic mass is 9.97. The van der Waals surface area contributed by atoms with Gasteiger partial charge in [-0.15, -0.1) is 0 Å². The molecule has 26 heavy (non-hydrogen) atoms. The van der Waals surface area contributed by atoms with Crippen LogP contribution in [0.15, 0.2) is 36.8 Å². The van der Waals surface area contributed by atoms with Crippen molar-refractivity contribution in [1.82, 2.24) is 14.8 Å². The number of hydrogen-bond donors (Lipinski definition) is 1. The molecular weight excluding hydrogens is 337 g/mol. The van der Waals surface area contributed by atoms with E-state index in [1.165, 1.54) is 6.07 Å². The van der Waals surface area contributed by atoms with E-state index >= 15 is 0 Å². The highest BCUT2D eigenvalue weighted by molar-refractivity contribution is 5.89. The Morgan fingerprint density at radius 2 is 2.23 bits per heavy atom. The number of ether oxygens (including phenoxy) is 1. The number of rotatable bonds is 4. The van der Waals surface area contributed by atoms with Crippen molar-refractivity contribution in [1.29, 1.82) is 0 Å². The minimum atomic E-state index is -1.27. The van der Waals surface area contributed by atoms with Gasteiger partial charge in [-0.2, -0.15) is 5.10 Å². The summed E-state index contributed by atoms with van der Waals surface area (Å²) >= 11 is 0. The first-order chi connectivity index (χ1) is 12.5. The molecule has 4 rings (SSSR count). The summed E-state index contributed by atoms with van der Waals surface area (Å²) in [4.78, 5) is 15.8. The van der Waals surface area contributed by atoms with E-state index in [2.05, 4.69) is 10.1 Å². The minimum absolute atomic E-state index is 0.316. The van der Waals surface area contributed by atoms with Crippen molar-refractivity contribution in [3.8, 4) is 17.0 Å². The number of carboxylic acid groups (broad SMARTS) is 1. The molecule has 3 aromatic rings. The molecule has 1 aliphatic heterocycles. The van der Waals surface area contributed by atoms with Gasteiger partial charge in [0.2, 0.25) is 0 Å². The lowest BCUT2D eigenvalue weighted by Gasteiger charge is -2.11. The van der Waals surface area contributed by atoms with Gasteiger partial charge in [0, 0.05) is 43.4 Å². The molecule has 7 heteroatoms. The summed E-state index contributed by atoms with van der Waals surface area (Å²) in [5.41, 5.74) is 3.29. The Morgan fingerprint density at radius 3 is 2.88 bits per heavy atom. The maximum absolute atomic E-state index is 14.3. The smallest absolute Gasteiger partial charge is 0.338 e. The molecule has 6 nitrogen and oxygen atoms in total. The Morgan fingerprint density at radius 1 is 1.38 bits per heavy atom. The van der Waals surface area contributed by atoms with Gasteiger partial charge in [0.25, 0.3) is 0 Å². The Balaban J connectivity index is 1.66. The minimum Gasteiger partial charge on any atom is -0.493 e. The highest BCUT2D eigenvalue weighted by atomic mass is 19.1. The van der Waals surface area contributed by atoms with Crippen LogP contribution in [-0.2, 0) is 19.9 Å². The van der Waals surface area contributed by atoms with Crippen molar-refractivity contribution in [3.63, 3.8) is 0 Å². The van der Waals surface area contributed by atoms with Crippen molar-refractivity contribution < 1.29 is 19.0 Å². The number of aryl methyl sites for hydroxylation is 1. The van der Waals surface area contributed by atoms with Crippen LogP contribution in [0.3, 0.4) is 0 Å². The summed E-state index contributed by atoms with van der Waals surface area (Å²) in [6, 6.07) is 5.16. The van der Waals surface area contributed by atoms with Gasteiger partial charge in [-0.05, 0) is 23.3 Å². The first-order valence-electron chi connectivity index (χ1n) is 8.17. The predicted molar refractivity (Wildman–Crippen MR) is 91.8 cm³/mol. The molecule has 0 amide bonds. The maximum Gasteiger partial charge on any atom is 0.338 e. The molecular formula is C19H16FN3O3. The largest absolute Gasteiger partial charge is 0.493 e. The Kier molecular flexibility index (Phi) is 3.91. The van der Waals surface area contributed by atoms with Crippen LogP contribution in [-0.4, -0.2) is 32.4 Å². The summed E-state index contributed by atoms with van der Waals surface area (Å²) in [5, 5.41) is 13.4. The van der Waals surface area contributed by atoms with Crippen LogP contribution in [0.1, 0.15) is 27.0 Å². The quantitative estimate of drug-likeness (QED) is 0.780. The summed E-state index contributed by atoms with van der Waals surface area (Å²) in [5.74, 6) is -1.51. The van der Waals surface area contributed by atoms with Gasteiger partial charge in [-0.1, -0.05) is 6.07 Å². The monoisotopic (exact) mass is 353 g/mol. The number of aromatic carboxylic acids is 1. The molecule has 0 saturated carbocycles. The molecule has 1 N–H and O–H groups in total. The molecule has 0 bridgehead atoms. The van der Waals surface area contributed by atoms with Gasteiger partial charge in [-0.25, -0.2) is 9.18 Å². The van der Waals surface area contributed by atoms with E-state index < -0.39 is 11.8 Å². The number of benzene rings is 1. The van der Waals surface area contributed by atoms with Gasteiger partial charge in [-0.3, -0.25) is 9.67 Å². The third-order valence-electron chi connectivity index (χ3n) is 4.43. The van der Waals surface area contributed by atoms with Crippen molar-refractivity contribution >= 4 is 5.97 Å². The molecule has 0 aliphatic carbocycles. The highest BCUT2D eigenvalue weighted by Gasteiger charge is 2.26. The van der Waals surface area contributed by atoms with Crippen LogP contribution in [0, 0.1) is 5.82 Å². The van der Waals surface area contributed by atoms with Crippen LogP contribution in [0.4, 0.5) is 4.39 Å². The molecule has 1 aliphatic rings. The van der Waals surface area contributed by atoms with E-state index in [1.54, 1.807) is 17.1 Å². The van der Waals surface area contributed by atoms with Gasteiger partial charge in [0.1, 0.15) is 11.6 Å². The summed E-state index contributed by atoms with van der Waals surface area (Å²) in [6.45, 7) is 0.362. The number of hydrogen-bond acceptors (Lipinski definition) is 4. The van der Waals surface area contributed by atoms with E-state index in [1.807, 2.05) is 25.4 Å². The van der Waals surface area contributed by atoms with Crippen LogP contribution in [0.25, 0.3) is 11.3 Å². The fraction of sp³-hybridized carbons (Fsp3) is 0.211. The summed E-state index contributed by atoms with van der Waals surface area (Å²) in [6.07, 6.45) is 6.15. The molecule has 2 aromatic heterocycles. The summed E-state index contributed by atoms with van der Waals surface area (Å²) < 4.78 is 21.6. The molecule has 132 valence electrons. The van der Waals surface area contributed by atoms with Gasteiger partial charge >= 0.3 is 5.97 Å². The number of carbonyl (C=O) groups is 1. The van der Waals surface area contributed by atoms with E-state index in [4.69, 9.17) is 4.74 Å². The number of nitrogens with zero attached hydrogens (tertiary/aromatic N) is 3.